The molecule has 0 aliphatic carbocycles. The second-order valence-corrected chi connectivity index (χ2v) is 12.5. The standard InChI is InChI=1S/C16H26O2Si/c1-12(17)15(19(5,6)7)13-8-10-14(11-9-13)18-16(2,3)4/h8-11,15H,1-7H3. The summed E-state index contributed by atoms with van der Waals surface area (Å²) in [5.41, 5.74) is 0.990. The molecule has 0 saturated carbocycles. The molecule has 3 heteroatoms. The topological polar surface area (TPSA) is 26.3 Å². The third kappa shape index (κ3) is 4.82. The summed E-state index contributed by atoms with van der Waals surface area (Å²) in [6, 6.07) is 8.00. The number of carbonyl (C=O) groups is 1. The summed E-state index contributed by atoms with van der Waals surface area (Å²) in [5, 5.41) is 0. The number of benzene rings is 1. The van der Waals surface area contributed by atoms with E-state index in [1.54, 1.807) is 6.92 Å². The minimum Gasteiger partial charge on any atom is -0.488 e. The fourth-order valence-electron chi connectivity index (χ4n) is 2.43. The van der Waals surface area contributed by atoms with Gasteiger partial charge >= 0.3 is 0 Å². The van der Waals surface area contributed by atoms with Gasteiger partial charge in [-0.05, 0) is 45.4 Å². The number of ketones is 1. The molecule has 1 aromatic rings. The van der Waals surface area contributed by atoms with Gasteiger partial charge in [0.2, 0.25) is 0 Å². The van der Waals surface area contributed by atoms with Gasteiger partial charge in [0, 0.05) is 5.54 Å². The van der Waals surface area contributed by atoms with Crippen LogP contribution in [0.25, 0.3) is 0 Å². The first-order valence-electron chi connectivity index (χ1n) is 6.80. The normalized spacial score (nSPS) is 14.1. The van der Waals surface area contributed by atoms with Gasteiger partial charge < -0.3 is 4.74 Å². The number of Topliss-reactive ketones (excluding diaryl/α,β-unsaturated/α-hetero) is 1. The smallest absolute Gasteiger partial charge is 0.134 e. The molecule has 1 rings (SSSR count). The molecule has 1 aromatic carbocycles. The van der Waals surface area contributed by atoms with Crippen LogP contribution >= 0.6 is 0 Å². The minimum absolute atomic E-state index is 0.0659. The molecule has 0 fully saturated rings. The van der Waals surface area contributed by atoms with Gasteiger partial charge in [0.15, 0.2) is 0 Å². The Morgan fingerprint density at radius 1 is 1.11 bits per heavy atom. The zero-order valence-corrected chi connectivity index (χ0v) is 14.2. The van der Waals surface area contributed by atoms with Crippen LogP contribution in [0, 0.1) is 0 Å². The van der Waals surface area contributed by atoms with E-state index in [4.69, 9.17) is 4.74 Å². The summed E-state index contributed by atoms with van der Waals surface area (Å²) in [6.45, 7) is 14.5. The summed E-state index contributed by atoms with van der Waals surface area (Å²) in [7, 11) is -1.55. The number of rotatable bonds is 4. The SMILES string of the molecule is CC(=O)C(c1ccc(OC(C)(C)C)cc1)[Si](C)(C)C. The Kier molecular flexibility index (Phi) is 4.61. The average Bonchev–Trinajstić information content (AvgIpc) is 2.15. The van der Waals surface area contributed by atoms with Crippen LogP contribution in [0.5, 0.6) is 5.75 Å². The highest BCUT2D eigenvalue weighted by Gasteiger charge is 2.31. The van der Waals surface area contributed by atoms with Crippen molar-refractivity contribution in [2.45, 2.75) is 58.5 Å². The third-order valence-corrected chi connectivity index (χ3v) is 5.38. The highest BCUT2D eigenvalue weighted by atomic mass is 28.3. The molecule has 0 radical (unpaired) electrons. The lowest BCUT2D eigenvalue weighted by Crippen LogP contribution is -2.35. The second kappa shape index (κ2) is 5.49. The number of hydrogen-bond donors (Lipinski definition) is 0. The van der Waals surface area contributed by atoms with Crippen molar-refractivity contribution in [1.29, 1.82) is 0 Å². The predicted octanol–water partition coefficient (Wildman–Crippen LogP) is 4.41. The van der Waals surface area contributed by atoms with Gasteiger partial charge in [-0.25, -0.2) is 0 Å². The summed E-state index contributed by atoms with van der Waals surface area (Å²) in [4.78, 5) is 11.9. The molecule has 1 atom stereocenters. The molecule has 0 amide bonds. The molecule has 106 valence electrons. The van der Waals surface area contributed by atoms with Crippen LogP contribution in [-0.2, 0) is 4.79 Å². The van der Waals surface area contributed by atoms with Crippen molar-refractivity contribution < 1.29 is 9.53 Å². The van der Waals surface area contributed by atoms with E-state index in [0.717, 1.165) is 11.3 Å². The van der Waals surface area contributed by atoms with Crippen molar-refractivity contribution >= 4 is 13.9 Å². The molecule has 2 nitrogen and oxygen atoms in total. The van der Waals surface area contributed by atoms with Crippen LogP contribution in [0.1, 0.15) is 38.8 Å². The monoisotopic (exact) mass is 278 g/mol. The Bertz CT molecular complexity index is 435. The van der Waals surface area contributed by atoms with Crippen molar-refractivity contribution in [3.8, 4) is 5.75 Å². The molecule has 0 saturated heterocycles. The van der Waals surface area contributed by atoms with Gasteiger partial charge in [0.25, 0.3) is 0 Å². The lowest BCUT2D eigenvalue weighted by molar-refractivity contribution is -0.116. The van der Waals surface area contributed by atoms with Gasteiger partial charge in [0.05, 0.1) is 8.07 Å². The molecule has 0 aromatic heterocycles. The predicted molar refractivity (Wildman–Crippen MR) is 83.6 cm³/mol. The van der Waals surface area contributed by atoms with Crippen LogP contribution in [0.2, 0.25) is 19.6 Å². The number of hydrogen-bond acceptors (Lipinski definition) is 2. The summed E-state index contributed by atoms with van der Waals surface area (Å²) < 4.78 is 5.81. The van der Waals surface area contributed by atoms with Crippen molar-refractivity contribution in [3.63, 3.8) is 0 Å². The first kappa shape index (κ1) is 16.0. The van der Waals surface area contributed by atoms with Crippen molar-refractivity contribution in [3.05, 3.63) is 29.8 Å². The maximum atomic E-state index is 11.9. The molecule has 0 spiro atoms. The lowest BCUT2D eigenvalue weighted by Gasteiger charge is -2.27. The summed E-state index contributed by atoms with van der Waals surface area (Å²) >= 11 is 0. The fraction of sp³-hybridized carbons (Fsp3) is 0.562. The van der Waals surface area contributed by atoms with E-state index in [1.165, 1.54) is 0 Å². The average molecular weight is 278 g/mol. The number of ether oxygens (including phenoxy) is 1. The van der Waals surface area contributed by atoms with Gasteiger partial charge in [-0.3, -0.25) is 4.79 Å². The van der Waals surface area contributed by atoms with E-state index in [1.807, 2.05) is 45.0 Å². The summed E-state index contributed by atoms with van der Waals surface area (Å²) in [6.07, 6.45) is 0. The Labute approximate surface area is 118 Å². The van der Waals surface area contributed by atoms with Crippen molar-refractivity contribution in [2.24, 2.45) is 0 Å². The zero-order valence-electron chi connectivity index (χ0n) is 13.2. The maximum absolute atomic E-state index is 11.9. The van der Waals surface area contributed by atoms with Crippen LogP contribution in [0.4, 0.5) is 0 Å². The third-order valence-electron chi connectivity index (χ3n) is 2.91. The fourth-order valence-corrected chi connectivity index (χ4v) is 4.84. The van der Waals surface area contributed by atoms with Gasteiger partial charge in [-0.1, -0.05) is 31.8 Å². The van der Waals surface area contributed by atoms with Gasteiger partial charge in [0.1, 0.15) is 17.1 Å². The Hall–Kier alpha value is -1.09. The Morgan fingerprint density at radius 3 is 1.89 bits per heavy atom. The molecule has 1 unspecified atom stereocenters. The van der Waals surface area contributed by atoms with E-state index < -0.39 is 8.07 Å². The molecule has 19 heavy (non-hydrogen) atoms. The van der Waals surface area contributed by atoms with Crippen LogP contribution < -0.4 is 4.74 Å². The van der Waals surface area contributed by atoms with Crippen LogP contribution in [0.3, 0.4) is 0 Å². The molecule has 0 heterocycles. The van der Waals surface area contributed by atoms with E-state index in [-0.39, 0.29) is 16.9 Å². The minimum atomic E-state index is -1.55. The molecule has 0 N–H and O–H groups in total. The van der Waals surface area contributed by atoms with E-state index in [0.29, 0.717) is 0 Å². The summed E-state index contributed by atoms with van der Waals surface area (Å²) in [5.74, 6) is 1.12. The van der Waals surface area contributed by atoms with Crippen molar-refractivity contribution in [2.75, 3.05) is 0 Å². The van der Waals surface area contributed by atoms with Crippen molar-refractivity contribution in [1.82, 2.24) is 0 Å². The molecule has 0 aliphatic rings. The van der Waals surface area contributed by atoms with Gasteiger partial charge in [-0.2, -0.15) is 0 Å². The van der Waals surface area contributed by atoms with E-state index >= 15 is 0 Å². The first-order chi connectivity index (χ1) is 8.50. The largest absolute Gasteiger partial charge is 0.488 e. The Balaban J connectivity index is 3.00. The molecular formula is C16H26O2Si. The molecule has 0 bridgehead atoms. The zero-order chi connectivity index (χ0) is 14.8. The highest BCUT2D eigenvalue weighted by Crippen LogP contribution is 2.29. The molecule has 0 aliphatic heterocycles. The highest BCUT2D eigenvalue weighted by molar-refractivity contribution is 6.80. The number of carbonyl (C=O) groups excluding carboxylic acids is 1. The van der Waals surface area contributed by atoms with E-state index in [9.17, 15) is 4.79 Å². The van der Waals surface area contributed by atoms with E-state index in [2.05, 4.69) is 19.6 Å². The second-order valence-electron chi connectivity index (χ2n) is 7.19. The maximum Gasteiger partial charge on any atom is 0.134 e. The Morgan fingerprint density at radius 2 is 1.58 bits per heavy atom. The lowest BCUT2D eigenvalue weighted by atomic mass is 10.1. The quantitative estimate of drug-likeness (QED) is 0.762. The van der Waals surface area contributed by atoms with Crippen LogP contribution in [-0.4, -0.2) is 19.5 Å². The van der Waals surface area contributed by atoms with Gasteiger partial charge in [-0.15, -0.1) is 0 Å². The van der Waals surface area contributed by atoms with Crippen LogP contribution in [0.15, 0.2) is 24.3 Å². The first-order valence-corrected chi connectivity index (χ1v) is 10.4. The molecular weight excluding hydrogens is 252 g/mol.